The number of alkyl halides is 3. The minimum atomic E-state index is -4.33. The highest BCUT2D eigenvalue weighted by Crippen LogP contribution is 2.29. The summed E-state index contributed by atoms with van der Waals surface area (Å²) >= 11 is 0. The summed E-state index contributed by atoms with van der Waals surface area (Å²) in [5.41, 5.74) is -0.697. The first-order chi connectivity index (χ1) is 7.54. The van der Waals surface area contributed by atoms with Crippen LogP contribution in [0.1, 0.15) is 12.0 Å². The van der Waals surface area contributed by atoms with Crippen LogP contribution in [0.2, 0.25) is 0 Å². The minimum Gasteiger partial charge on any atom is -0.385 e. The Balaban J connectivity index is 2.54. The summed E-state index contributed by atoms with van der Waals surface area (Å²) in [6, 6.07) is 1.94. The van der Waals surface area contributed by atoms with Crippen LogP contribution in [0.3, 0.4) is 0 Å². The standard InChI is InChI=1S/C10H13F3N2O/c1-16-6-2-4-14-9-7-8(3-5-15-9)10(11,12)13/h3,5,7H,2,4,6H2,1H3,(H,14,15). The summed E-state index contributed by atoms with van der Waals surface area (Å²) in [6.45, 7) is 1.09. The van der Waals surface area contributed by atoms with Gasteiger partial charge in [-0.1, -0.05) is 0 Å². The van der Waals surface area contributed by atoms with Crippen molar-refractivity contribution >= 4 is 5.82 Å². The molecule has 0 bridgehead atoms. The van der Waals surface area contributed by atoms with Crippen LogP contribution < -0.4 is 5.32 Å². The van der Waals surface area contributed by atoms with Crippen molar-refractivity contribution in [2.75, 3.05) is 25.6 Å². The molecule has 90 valence electrons. The molecule has 0 saturated heterocycles. The van der Waals surface area contributed by atoms with Crippen molar-refractivity contribution in [1.29, 1.82) is 0 Å². The topological polar surface area (TPSA) is 34.1 Å². The molecule has 0 unspecified atom stereocenters. The maximum atomic E-state index is 12.3. The highest BCUT2D eigenvalue weighted by atomic mass is 19.4. The molecule has 16 heavy (non-hydrogen) atoms. The van der Waals surface area contributed by atoms with Crippen molar-refractivity contribution in [2.45, 2.75) is 12.6 Å². The summed E-state index contributed by atoms with van der Waals surface area (Å²) in [5, 5.41) is 2.80. The number of halogens is 3. The Morgan fingerprint density at radius 2 is 2.19 bits per heavy atom. The molecule has 0 radical (unpaired) electrons. The van der Waals surface area contributed by atoms with Crippen LogP contribution in [-0.4, -0.2) is 25.2 Å². The van der Waals surface area contributed by atoms with Crippen LogP contribution in [0.4, 0.5) is 19.0 Å². The van der Waals surface area contributed by atoms with Gasteiger partial charge in [0.15, 0.2) is 0 Å². The van der Waals surface area contributed by atoms with Gasteiger partial charge in [-0.05, 0) is 18.6 Å². The second kappa shape index (κ2) is 5.69. The van der Waals surface area contributed by atoms with E-state index in [2.05, 4.69) is 10.3 Å². The van der Waals surface area contributed by atoms with Crippen LogP contribution >= 0.6 is 0 Å². The predicted molar refractivity (Wildman–Crippen MR) is 54.2 cm³/mol. The number of nitrogens with one attached hydrogen (secondary N) is 1. The maximum absolute atomic E-state index is 12.3. The third-order valence-corrected chi connectivity index (χ3v) is 1.92. The SMILES string of the molecule is COCCCNc1cc(C(F)(F)F)ccn1. The van der Waals surface area contributed by atoms with Gasteiger partial charge in [0.2, 0.25) is 0 Å². The van der Waals surface area contributed by atoms with Gasteiger partial charge in [0.05, 0.1) is 5.56 Å². The number of ether oxygens (including phenoxy) is 1. The lowest BCUT2D eigenvalue weighted by atomic mass is 10.2. The normalized spacial score (nSPS) is 11.5. The molecule has 0 spiro atoms. The molecule has 3 nitrogen and oxygen atoms in total. The largest absolute Gasteiger partial charge is 0.416 e. The molecule has 0 saturated carbocycles. The molecule has 1 N–H and O–H groups in total. The number of pyridine rings is 1. The van der Waals surface area contributed by atoms with E-state index in [1.54, 1.807) is 7.11 Å². The average molecular weight is 234 g/mol. The zero-order chi connectivity index (χ0) is 12.0. The summed E-state index contributed by atoms with van der Waals surface area (Å²) in [7, 11) is 1.57. The third kappa shape index (κ3) is 4.06. The monoisotopic (exact) mass is 234 g/mol. The molecule has 1 aromatic heterocycles. The fourth-order valence-corrected chi connectivity index (χ4v) is 1.14. The molecule has 0 atom stereocenters. The zero-order valence-electron chi connectivity index (χ0n) is 8.84. The zero-order valence-corrected chi connectivity index (χ0v) is 8.84. The van der Waals surface area contributed by atoms with Gasteiger partial charge in [0.1, 0.15) is 5.82 Å². The van der Waals surface area contributed by atoms with Gasteiger partial charge in [-0.2, -0.15) is 13.2 Å². The summed E-state index contributed by atoms with van der Waals surface area (Å²) in [4.78, 5) is 3.80. The van der Waals surface area contributed by atoms with Crippen molar-refractivity contribution < 1.29 is 17.9 Å². The van der Waals surface area contributed by atoms with E-state index in [0.717, 1.165) is 18.3 Å². The van der Waals surface area contributed by atoms with Crippen LogP contribution in [-0.2, 0) is 10.9 Å². The maximum Gasteiger partial charge on any atom is 0.416 e. The number of hydrogen-bond acceptors (Lipinski definition) is 3. The molecule has 1 heterocycles. The Hall–Kier alpha value is -1.30. The first-order valence-corrected chi connectivity index (χ1v) is 4.80. The molecule has 0 aliphatic heterocycles. The average Bonchev–Trinajstić information content (AvgIpc) is 2.24. The van der Waals surface area contributed by atoms with E-state index in [1.165, 1.54) is 0 Å². The quantitative estimate of drug-likeness (QED) is 0.795. The molecular weight excluding hydrogens is 221 g/mol. The predicted octanol–water partition coefficient (Wildman–Crippen LogP) is 2.55. The Bertz CT molecular complexity index is 328. The Morgan fingerprint density at radius 1 is 1.44 bits per heavy atom. The first kappa shape index (κ1) is 12.8. The van der Waals surface area contributed by atoms with Gasteiger partial charge in [-0.25, -0.2) is 4.98 Å². The summed E-state index contributed by atoms with van der Waals surface area (Å²) in [5.74, 6) is 0.228. The number of methoxy groups -OCH3 is 1. The fraction of sp³-hybridized carbons (Fsp3) is 0.500. The van der Waals surface area contributed by atoms with E-state index in [9.17, 15) is 13.2 Å². The Kier molecular flexibility index (Phi) is 4.54. The molecule has 1 rings (SSSR count). The van der Waals surface area contributed by atoms with Crippen LogP contribution in [0.15, 0.2) is 18.3 Å². The van der Waals surface area contributed by atoms with E-state index in [0.29, 0.717) is 19.6 Å². The van der Waals surface area contributed by atoms with Crippen LogP contribution in [0.25, 0.3) is 0 Å². The van der Waals surface area contributed by atoms with Crippen molar-refractivity contribution in [3.05, 3.63) is 23.9 Å². The molecule has 0 fully saturated rings. The fourth-order valence-electron chi connectivity index (χ4n) is 1.14. The number of rotatable bonds is 5. The van der Waals surface area contributed by atoms with Crippen molar-refractivity contribution in [2.24, 2.45) is 0 Å². The van der Waals surface area contributed by atoms with Gasteiger partial charge in [0.25, 0.3) is 0 Å². The lowest BCUT2D eigenvalue weighted by Crippen LogP contribution is -2.09. The molecule has 6 heteroatoms. The van der Waals surface area contributed by atoms with Crippen LogP contribution in [0.5, 0.6) is 0 Å². The number of hydrogen-bond donors (Lipinski definition) is 1. The van der Waals surface area contributed by atoms with Gasteiger partial charge in [-0.15, -0.1) is 0 Å². The van der Waals surface area contributed by atoms with Gasteiger partial charge < -0.3 is 10.1 Å². The molecule has 0 aliphatic carbocycles. The van der Waals surface area contributed by atoms with Crippen molar-refractivity contribution in [3.63, 3.8) is 0 Å². The van der Waals surface area contributed by atoms with Gasteiger partial charge in [0, 0.05) is 26.5 Å². The molecule has 1 aromatic rings. The van der Waals surface area contributed by atoms with Crippen molar-refractivity contribution in [1.82, 2.24) is 4.98 Å². The van der Waals surface area contributed by atoms with E-state index in [4.69, 9.17) is 4.74 Å². The van der Waals surface area contributed by atoms with Gasteiger partial charge >= 0.3 is 6.18 Å². The Labute approximate surface area is 91.6 Å². The highest BCUT2D eigenvalue weighted by Gasteiger charge is 2.30. The second-order valence-electron chi connectivity index (χ2n) is 3.20. The molecular formula is C10H13F3N2O. The smallest absolute Gasteiger partial charge is 0.385 e. The minimum absolute atomic E-state index is 0.228. The lowest BCUT2D eigenvalue weighted by Gasteiger charge is -2.09. The lowest BCUT2D eigenvalue weighted by molar-refractivity contribution is -0.137. The first-order valence-electron chi connectivity index (χ1n) is 4.80. The highest BCUT2D eigenvalue weighted by molar-refractivity contribution is 5.38. The molecule has 0 aliphatic rings. The van der Waals surface area contributed by atoms with E-state index >= 15 is 0 Å². The summed E-state index contributed by atoms with van der Waals surface area (Å²) in [6.07, 6.45) is -2.47. The molecule has 0 aromatic carbocycles. The number of nitrogens with zero attached hydrogens (tertiary/aromatic N) is 1. The number of aromatic nitrogens is 1. The Morgan fingerprint density at radius 3 is 2.81 bits per heavy atom. The van der Waals surface area contributed by atoms with Crippen molar-refractivity contribution in [3.8, 4) is 0 Å². The number of anilines is 1. The van der Waals surface area contributed by atoms with Crippen LogP contribution in [0, 0.1) is 0 Å². The van der Waals surface area contributed by atoms with E-state index in [1.807, 2.05) is 0 Å². The third-order valence-electron chi connectivity index (χ3n) is 1.92. The molecule has 0 amide bonds. The van der Waals surface area contributed by atoms with E-state index < -0.39 is 11.7 Å². The van der Waals surface area contributed by atoms with E-state index in [-0.39, 0.29) is 5.82 Å². The second-order valence-corrected chi connectivity index (χ2v) is 3.20. The summed E-state index contributed by atoms with van der Waals surface area (Å²) < 4.78 is 41.8. The van der Waals surface area contributed by atoms with Gasteiger partial charge in [-0.3, -0.25) is 0 Å².